The second-order valence-electron chi connectivity index (χ2n) is 7.93. The lowest BCUT2D eigenvalue weighted by molar-refractivity contribution is -0.119. The molecule has 180 valence electrons. The summed E-state index contributed by atoms with van der Waals surface area (Å²) in [7, 11) is 0. The van der Waals surface area contributed by atoms with Crippen LogP contribution in [0.4, 0.5) is 5.82 Å². The average Bonchev–Trinajstić information content (AvgIpc) is 3.58. The maximum atomic E-state index is 13.1. The molecule has 0 atom stereocenters. The molecule has 2 heterocycles. The number of nitrogens with one attached hydrogen (secondary N) is 1. The Labute approximate surface area is 212 Å². The van der Waals surface area contributed by atoms with E-state index in [1.54, 1.807) is 23.0 Å². The Morgan fingerprint density at radius 2 is 1.51 bits per heavy atom. The number of anilines is 1. The van der Waals surface area contributed by atoms with E-state index in [-0.39, 0.29) is 16.9 Å². The number of nitrogens with zero attached hydrogens (tertiary/aromatic N) is 5. The van der Waals surface area contributed by atoms with Crippen LogP contribution in [0.2, 0.25) is 0 Å². The highest BCUT2D eigenvalue weighted by molar-refractivity contribution is 5.99. The number of nitriles is 1. The maximum absolute atomic E-state index is 13.1. The van der Waals surface area contributed by atoms with Gasteiger partial charge in [0.2, 0.25) is 0 Å². The van der Waals surface area contributed by atoms with Gasteiger partial charge in [-0.2, -0.15) is 15.5 Å². The molecule has 0 unspecified atom stereocenters. The Morgan fingerprint density at radius 3 is 2.16 bits per heavy atom. The summed E-state index contributed by atoms with van der Waals surface area (Å²) in [5.41, 5.74) is 3.00. The van der Waals surface area contributed by atoms with Crippen molar-refractivity contribution in [1.82, 2.24) is 19.6 Å². The van der Waals surface area contributed by atoms with E-state index < -0.39 is 18.5 Å². The number of aromatic nitrogens is 4. The molecule has 0 aliphatic rings. The van der Waals surface area contributed by atoms with E-state index in [4.69, 9.17) is 4.74 Å². The molecule has 2 aromatic heterocycles. The van der Waals surface area contributed by atoms with Crippen LogP contribution in [0, 0.1) is 11.3 Å². The molecule has 0 aliphatic heterocycles. The highest BCUT2D eigenvalue weighted by Gasteiger charge is 2.22. The van der Waals surface area contributed by atoms with Crippen molar-refractivity contribution in [3.63, 3.8) is 0 Å². The second kappa shape index (κ2) is 10.4. The number of para-hydroxylation sites is 2. The molecule has 9 heteroatoms. The standard InChI is InChI=1S/C28H20N6O3/c29-16-21-17-30-34(23-14-8-3-9-15-23)27(21)31-25(35)19-37-28(36)24-18-33(22-12-6-2-7-13-22)32-26(24)20-10-4-1-5-11-20/h1-15,17-18H,19H2,(H,31,35). The zero-order chi connectivity index (χ0) is 25.6. The molecule has 0 aliphatic carbocycles. The first-order valence-corrected chi connectivity index (χ1v) is 11.3. The van der Waals surface area contributed by atoms with Crippen molar-refractivity contribution < 1.29 is 14.3 Å². The Morgan fingerprint density at radius 1 is 0.892 bits per heavy atom. The van der Waals surface area contributed by atoms with Gasteiger partial charge in [0.05, 0.1) is 17.6 Å². The topological polar surface area (TPSA) is 115 Å². The summed E-state index contributed by atoms with van der Waals surface area (Å²) in [6, 6.07) is 29.7. The van der Waals surface area contributed by atoms with E-state index >= 15 is 0 Å². The van der Waals surface area contributed by atoms with Crippen molar-refractivity contribution in [1.29, 1.82) is 5.26 Å². The van der Waals surface area contributed by atoms with Crippen molar-refractivity contribution in [3.05, 3.63) is 115 Å². The highest BCUT2D eigenvalue weighted by atomic mass is 16.5. The molecule has 0 fully saturated rings. The quantitative estimate of drug-likeness (QED) is 0.340. The first-order valence-electron chi connectivity index (χ1n) is 11.3. The van der Waals surface area contributed by atoms with Gasteiger partial charge in [-0.1, -0.05) is 66.7 Å². The van der Waals surface area contributed by atoms with Gasteiger partial charge in [-0.25, -0.2) is 14.2 Å². The number of rotatable bonds is 7. The minimum atomic E-state index is -0.701. The smallest absolute Gasteiger partial charge is 0.342 e. The fraction of sp³-hybridized carbons (Fsp3) is 0.0357. The lowest BCUT2D eigenvalue weighted by atomic mass is 10.1. The molecule has 0 spiro atoms. The van der Waals surface area contributed by atoms with E-state index in [1.807, 2.05) is 84.9 Å². The molecule has 5 rings (SSSR count). The number of ether oxygens (including phenoxy) is 1. The largest absolute Gasteiger partial charge is 0.452 e. The van der Waals surface area contributed by atoms with Gasteiger partial charge in [0.25, 0.3) is 5.91 Å². The molecule has 1 N–H and O–H groups in total. The minimum absolute atomic E-state index is 0.180. The highest BCUT2D eigenvalue weighted by Crippen LogP contribution is 2.25. The normalized spacial score (nSPS) is 10.5. The van der Waals surface area contributed by atoms with Crippen molar-refractivity contribution in [3.8, 4) is 28.7 Å². The minimum Gasteiger partial charge on any atom is -0.452 e. The van der Waals surface area contributed by atoms with Gasteiger partial charge in [-0.15, -0.1) is 0 Å². The molecule has 5 aromatic rings. The molecule has 3 aromatic carbocycles. The number of benzene rings is 3. The number of carbonyl (C=O) groups excluding carboxylic acids is 2. The molecular weight excluding hydrogens is 468 g/mol. The zero-order valence-electron chi connectivity index (χ0n) is 19.5. The molecule has 37 heavy (non-hydrogen) atoms. The van der Waals surface area contributed by atoms with Crippen LogP contribution in [0.1, 0.15) is 15.9 Å². The summed E-state index contributed by atoms with van der Waals surface area (Å²) in [6.07, 6.45) is 2.94. The zero-order valence-corrected chi connectivity index (χ0v) is 19.5. The van der Waals surface area contributed by atoms with Crippen LogP contribution in [0.25, 0.3) is 22.6 Å². The first kappa shape index (κ1) is 23.3. The monoisotopic (exact) mass is 488 g/mol. The Bertz CT molecular complexity index is 1590. The third-order valence-electron chi connectivity index (χ3n) is 5.48. The van der Waals surface area contributed by atoms with E-state index in [9.17, 15) is 14.9 Å². The Kier molecular flexibility index (Phi) is 6.55. The van der Waals surface area contributed by atoms with Gasteiger partial charge >= 0.3 is 5.97 Å². The SMILES string of the molecule is N#Cc1cnn(-c2ccccc2)c1NC(=O)COC(=O)c1cn(-c2ccccc2)nc1-c1ccccc1. The fourth-order valence-electron chi connectivity index (χ4n) is 3.74. The van der Waals surface area contributed by atoms with Crippen molar-refractivity contribution in [2.75, 3.05) is 11.9 Å². The summed E-state index contributed by atoms with van der Waals surface area (Å²) in [6.45, 7) is -0.561. The van der Waals surface area contributed by atoms with Gasteiger partial charge in [-0.3, -0.25) is 4.79 Å². The summed E-state index contributed by atoms with van der Waals surface area (Å²) >= 11 is 0. The summed E-state index contributed by atoms with van der Waals surface area (Å²) in [4.78, 5) is 25.8. The fourth-order valence-corrected chi connectivity index (χ4v) is 3.74. The lowest BCUT2D eigenvalue weighted by Crippen LogP contribution is -2.23. The lowest BCUT2D eigenvalue weighted by Gasteiger charge is -2.10. The second-order valence-corrected chi connectivity index (χ2v) is 7.93. The molecule has 0 bridgehead atoms. The third kappa shape index (κ3) is 4.99. The van der Waals surface area contributed by atoms with Crippen molar-refractivity contribution in [2.45, 2.75) is 0 Å². The number of hydrogen-bond acceptors (Lipinski definition) is 6. The first-order chi connectivity index (χ1) is 18.1. The van der Waals surface area contributed by atoms with Crippen LogP contribution >= 0.6 is 0 Å². The summed E-state index contributed by atoms with van der Waals surface area (Å²) in [5.74, 6) is -1.12. The summed E-state index contributed by atoms with van der Waals surface area (Å²) < 4.78 is 8.39. The average molecular weight is 489 g/mol. The van der Waals surface area contributed by atoms with E-state index in [0.29, 0.717) is 11.4 Å². The van der Waals surface area contributed by atoms with Gasteiger partial charge < -0.3 is 10.1 Å². The van der Waals surface area contributed by atoms with Gasteiger partial charge in [-0.05, 0) is 24.3 Å². The number of amides is 1. The number of esters is 1. The molecule has 0 radical (unpaired) electrons. The number of carbonyl (C=O) groups is 2. The van der Waals surface area contributed by atoms with Crippen LogP contribution in [0.15, 0.2) is 103 Å². The predicted molar refractivity (Wildman–Crippen MR) is 136 cm³/mol. The van der Waals surface area contributed by atoms with Crippen molar-refractivity contribution >= 4 is 17.7 Å². The van der Waals surface area contributed by atoms with Gasteiger partial charge in [0, 0.05) is 11.8 Å². The Hall–Kier alpha value is -5.49. The third-order valence-corrected chi connectivity index (χ3v) is 5.48. The van der Waals surface area contributed by atoms with Crippen molar-refractivity contribution in [2.24, 2.45) is 0 Å². The van der Waals surface area contributed by atoms with E-state index in [0.717, 1.165) is 11.3 Å². The van der Waals surface area contributed by atoms with Crippen LogP contribution in [0.5, 0.6) is 0 Å². The van der Waals surface area contributed by atoms with Crippen LogP contribution in [-0.4, -0.2) is 38.0 Å². The van der Waals surface area contributed by atoms with Gasteiger partial charge in [0.15, 0.2) is 12.4 Å². The molecular formula is C28H20N6O3. The molecule has 0 saturated heterocycles. The summed E-state index contributed by atoms with van der Waals surface area (Å²) in [5, 5.41) is 20.9. The molecule has 0 saturated carbocycles. The van der Waals surface area contributed by atoms with Crippen LogP contribution in [-0.2, 0) is 9.53 Å². The van der Waals surface area contributed by atoms with Crippen LogP contribution < -0.4 is 5.32 Å². The van der Waals surface area contributed by atoms with Gasteiger partial charge in [0.1, 0.15) is 22.9 Å². The number of hydrogen-bond donors (Lipinski definition) is 1. The maximum Gasteiger partial charge on any atom is 0.342 e. The van der Waals surface area contributed by atoms with E-state index in [1.165, 1.54) is 10.9 Å². The van der Waals surface area contributed by atoms with Crippen LogP contribution in [0.3, 0.4) is 0 Å². The molecule has 9 nitrogen and oxygen atoms in total. The predicted octanol–water partition coefficient (Wildman–Crippen LogP) is 4.39. The van der Waals surface area contributed by atoms with E-state index in [2.05, 4.69) is 15.5 Å². The molecule has 1 amide bonds. The Balaban J connectivity index is 1.36.